The standard InChI is InChI=1S/C6H8/c1-3-6(2)4-5-6/h3H2,1-2H3. The highest BCUT2D eigenvalue weighted by molar-refractivity contribution is 5.38. The Morgan fingerprint density at radius 2 is 2.00 bits per heavy atom. The molecule has 0 bridgehead atoms. The zero-order valence-corrected chi connectivity index (χ0v) is 4.21. The molecule has 0 aromatic heterocycles. The quantitative estimate of drug-likeness (QED) is 0.418. The topological polar surface area (TPSA) is 0 Å². The lowest BCUT2D eigenvalue weighted by atomic mass is 10.0. The molecule has 0 heterocycles. The first-order valence-corrected chi connectivity index (χ1v) is 2.31. The third-order valence-electron chi connectivity index (χ3n) is 1.26. The first-order chi connectivity index (χ1) is 2.77. The van der Waals surface area contributed by atoms with E-state index < -0.39 is 0 Å². The molecule has 0 amide bonds. The van der Waals surface area contributed by atoms with E-state index in [0.29, 0.717) is 5.41 Å². The van der Waals surface area contributed by atoms with Crippen molar-refractivity contribution in [3.05, 3.63) is 0 Å². The molecular formula is C6H8. The van der Waals surface area contributed by atoms with Crippen LogP contribution in [0.15, 0.2) is 0 Å². The average molecular weight is 80.1 g/mol. The van der Waals surface area contributed by atoms with Gasteiger partial charge in [0.15, 0.2) is 0 Å². The van der Waals surface area contributed by atoms with Crippen molar-refractivity contribution in [1.29, 1.82) is 0 Å². The van der Waals surface area contributed by atoms with Crippen LogP contribution in [0.3, 0.4) is 0 Å². The fourth-order valence-electron chi connectivity index (χ4n) is 0.283. The van der Waals surface area contributed by atoms with Crippen molar-refractivity contribution >= 4 is 0 Å². The summed E-state index contributed by atoms with van der Waals surface area (Å²) in [4.78, 5) is 0. The third-order valence-corrected chi connectivity index (χ3v) is 1.26. The predicted molar refractivity (Wildman–Crippen MR) is 26.2 cm³/mol. The van der Waals surface area contributed by atoms with Gasteiger partial charge in [-0.2, -0.15) is 0 Å². The minimum Gasteiger partial charge on any atom is -0.0821 e. The summed E-state index contributed by atoms with van der Waals surface area (Å²) in [6.45, 7) is 4.28. The zero-order chi connectivity index (χ0) is 4.62. The van der Waals surface area contributed by atoms with Gasteiger partial charge in [-0.25, -0.2) is 0 Å². The Morgan fingerprint density at radius 1 is 1.50 bits per heavy atom. The van der Waals surface area contributed by atoms with Crippen LogP contribution in [-0.4, -0.2) is 0 Å². The second-order valence-corrected chi connectivity index (χ2v) is 1.94. The van der Waals surface area contributed by atoms with Crippen LogP contribution in [0, 0.1) is 17.3 Å². The van der Waals surface area contributed by atoms with Gasteiger partial charge in [0.05, 0.1) is 5.41 Å². The third kappa shape index (κ3) is 0.408. The Morgan fingerprint density at radius 3 is 2.00 bits per heavy atom. The van der Waals surface area contributed by atoms with E-state index >= 15 is 0 Å². The normalized spacial score (nSPS) is 21.7. The van der Waals surface area contributed by atoms with Crippen molar-refractivity contribution in [2.24, 2.45) is 5.41 Å². The molecule has 1 rings (SSSR count). The first-order valence-electron chi connectivity index (χ1n) is 2.31. The van der Waals surface area contributed by atoms with Crippen molar-refractivity contribution in [3.8, 4) is 11.8 Å². The molecule has 0 fully saturated rings. The molecule has 0 aromatic rings. The van der Waals surface area contributed by atoms with Crippen LogP contribution < -0.4 is 0 Å². The smallest absolute Gasteiger partial charge is 0.0821 e. The van der Waals surface area contributed by atoms with Crippen molar-refractivity contribution < 1.29 is 0 Å². The predicted octanol–water partition coefficient (Wildman–Crippen LogP) is 1.42. The number of hydrogen-bond donors (Lipinski definition) is 0. The molecule has 0 heteroatoms. The molecule has 0 saturated carbocycles. The van der Waals surface area contributed by atoms with Gasteiger partial charge in [-0.1, -0.05) is 18.8 Å². The molecule has 0 aliphatic heterocycles. The van der Waals surface area contributed by atoms with E-state index in [1.54, 1.807) is 0 Å². The molecule has 0 spiro atoms. The van der Waals surface area contributed by atoms with Gasteiger partial charge < -0.3 is 0 Å². The fraction of sp³-hybridized carbons (Fsp3) is 0.667. The van der Waals surface area contributed by atoms with Crippen molar-refractivity contribution in [2.75, 3.05) is 0 Å². The fourth-order valence-corrected chi connectivity index (χ4v) is 0.283. The number of rotatable bonds is 1. The maximum absolute atomic E-state index is 3.01. The lowest BCUT2D eigenvalue weighted by Crippen LogP contribution is -1.92. The van der Waals surface area contributed by atoms with Gasteiger partial charge in [-0.15, -0.1) is 0 Å². The van der Waals surface area contributed by atoms with Crippen LogP contribution >= 0.6 is 0 Å². The van der Waals surface area contributed by atoms with E-state index in [1.165, 1.54) is 0 Å². The highest BCUT2D eigenvalue weighted by Gasteiger charge is 2.23. The summed E-state index contributed by atoms with van der Waals surface area (Å²) in [5, 5.41) is 0. The molecule has 1 aliphatic carbocycles. The Bertz CT molecular complexity index is 104. The van der Waals surface area contributed by atoms with Crippen LogP contribution in [0.4, 0.5) is 0 Å². The van der Waals surface area contributed by atoms with Gasteiger partial charge in [-0.05, 0) is 13.3 Å². The van der Waals surface area contributed by atoms with Gasteiger partial charge >= 0.3 is 0 Å². The Kier molecular flexibility index (Phi) is 0.492. The summed E-state index contributed by atoms with van der Waals surface area (Å²) in [6.07, 6.45) is 1.16. The molecule has 0 unspecified atom stereocenters. The van der Waals surface area contributed by atoms with E-state index in [-0.39, 0.29) is 0 Å². The van der Waals surface area contributed by atoms with Gasteiger partial charge in [-0.3, -0.25) is 0 Å². The molecular weight excluding hydrogens is 72.1 g/mol. The molecule has 6 heavy (non-hydrogen) atoms. The van der Waals surface area contributed by atoms with Crippen molar-refractivity contribution in [2.45, 2.75) is 20.3 Å². The van der Waals surface area contributed by atoms with Gasteiger partial charge in [0, 0.05) is 0 Å². The molecule has 0 aromatic carbocycles. The van der Waals surface area contributed by atoms with Crippen molar-refractivity contribution in [1.82, 2.24) is 0 Å². The van der Waals surface area contributed by atoms with E-state index in [9.17, 15) is 0 Å². The molecule has 1 aliphatic rings. The molecule has 0 N–H and O–H groups in total. The van der Waals surface area contributed by atoms with Crippen LogP contribution in [0.1, 0.15) is 20.3 Å². The highest BCUT2D eigenvalue weighted by Crippen LogP contribution is 2.27. The molecule has 0 nitrogen and oxygen atoms in total. The summed E-state index contributed by atoms with van der Waals surface area (Å²) < 4.78 is 0. The van der Waals surface area contributed by atoms with E-state index in [2.05, 4.69) is 25.7 Å². The Hall–Kier alpha value is -0.440. The van der Waals surface area contributed by atoms with E-state index in [1.807, 2.05) is 0 Å². The van der Waals surface area contributed by atoms with E-state index in [4.69, 9.17) is 0 Å². The lowest BCUT2D eigenvalue weighted by molar-refractivity contribution is 0.631. The second kappa shape index (κ2) is 0.789. The first kappa shape index (κ1) is 3.74. The van der Waals surface area contributed by atoms with Crippen LogP contribution in [0.2, 0.25) is 0 Å². The van der Waals surface area contributed by atoms with Crippen molar-refractivity contribution in [3.63, 3.8) is 0 Å². The monoisotopic (exact) mass is 80.1 g/mol. The summed E-state index contributed by atoms with van der Waals surface area (Å²) in [5.41, 5.74) is 0.292. The second-order valence-electron chi connectivity index (χ2n) is 1.94. The van der Waals surface area contributed by atoms with Crippen LogP contribution in [-0.2, 0) is 0 Å². The summed E-state index contributed by atoms with van der Waals surface area (Å²) >= 11 is 0. The average Bonchev–Trinajstić information content (AvgIpc) is 2.22. The highest BCUT2D eigenvalue weighted by atomic mass is 14.2. The Labute approximate surface area is 38.6 Å². The van der Waals surface area contributed by atoms with E-state index in [0.717, 1.165) is 6.42 Å². The van der Waals surface area contributed by atoms with Crippen LogP contribution in [0.5, 0.6) is 0 Å². The lowest BCUT2D eigenvalue weighted by Gasteiger charge is -1.96. The van der Waals surface area contributed by atoms with Gasteiger partial charge in [0.1, 0.15) is 0 Å². The molecule has 0 saturated heterocycles. The summed E-state index contributed by atoms with van der Waals surface area (Å²) in [7, 11) is 0. The summed E-state index contributed by atoms with van der Waals surface area (Å²) in [5.74, 6) is 6.02. The SMILES string of the molecule is CCC1(C)C#C1. The Balaban J connectivity index is 2.34. The number of hydrogen-bond acceptors (Lipinski definition) is 0. The van der Waals surface area contributed by atoms with Gasteiger partial charge in [0.2, 0.25) is 0 Å². The minimum atomic E-state index is 0.292. The largest absolute Gasteiger partial charge is 0.0889 e. The van der Waals surface area contributed by atoms with Crippen LogP contribution in [0.25, 0.3) is 0 Å². The maximum Gasteiger partial charge on any atom is 0.0889 e. The summed E-state index contributed by atoms with van der Waals surface area (Å²) in [6, 6.07) is 0. The van der Waals surface area contributed by atoms with Gasteiger partial charge in [0.25, 0.3) is 0 Å². The maximum atomic E-state index is 3.01. The molecule has 0 radical (unpaired) electrons. The minimum absolute atomic E-state index is 0.292. The molecule has 0 atom stereocenters. The zero-order valence-electron chi connectivity index (χ0n) is 4.21. The molecule has 32 valence electrons.